The van der Waals surface area contributed by atoms with Gasteiger partial charge in [-0.15, -0.1) is 0 Å². The largest absolute Gasteiger partial charge is 0.465 e. The maximum atomic E-state index is 11.5. The molecule has 6 nitrogen and oxygen atoms in total. The summed E-state index contributed by atoms with van der Waals surface area (Å²) in [6.45, 7) is 0. The third-order valence-electron chi connectivity index (χ3n) is 2.36. The molecule has 0 spiro atoms. The summed E-state index contributed by atoms with van der Waals surface area (Å²) in [7, 11) is 1.30. The molecular weight excluding hydrogens is 254 g/mol. The summed E-state index contributed by atoms with van der Waals surface area (Å²) in [6.07, 6.45) is 4.84. The number of carbonyl (C=O) groups excluding carboxylic acids is 2. The lowest BCUT2D eigenvalue weighted by Gasteiger charge is -2.05. The summed E-state index contributed by atoms with van der Waals surface area (Å²) in [6, 6.07) is 0.337. The molecule has 1 N–H and O–H groups in total. The summed E-state index contributed by atoms with van der Waals surface area (Å²) in [5, 5.41) is 3.33. The predicted molar refractivity (Wildman–Crippen MR) is 65.3 cm³/mol. The number of esters is 1. The fourth-order valence-corrected chi connectivity index (χ4v) is 2.08. The topological polar surface area (TPSA) is 81.2 Å². The van der Waals surface area contributed by atoms with E-state index in [1.165, 1.54) is 31.4 Å². The number of ether oxygens (including phenoxy) is 1. The number of carbonyl (C=O) groups is 2. The van der Waals surface area contributed by atoms with Crippen molar-refractivity contribution in [1.29, 1.82) is 0 Å². The molecule has 0 unspecified atom stereocenters. The second kappa shape index (κ2) is 5.81. The molecule has 2 rings (SSSR count). The monoisotopic (exact) mass is 267 g/mol. The SMILES string of the molecule is COC(=O)c1cncnc1SCC(=O)NC1CC1. The van der Waals surface area contributed by atoms with Gasteiger partial charge in [0.1, 0.15) is 16.9 Å². The molecule has 1 saturated carbocycles. The Morgan fingerprint density at radius 2 is 2.33 bits per heavy atom. The minimum absolute atomic E-state index is 0.0445. The third-order valence-corrected chi connectivity index (χ3v) is 3.37. The van der Waals surface area contributed by atoms with Crippen LogP contribution in [0, 0.1) is 0 Å². The van der Waals surface area contributed by atoms with Crippen molar-refractivity contribution in [3.05, 3.63) is 18.1 Å². The van der Waals surface area contributed by atoms with E-state index in [1.807, 2.05) is 0 Å². The number of methoxy groups -OCH3 is 1. The molecule has 1 aliphatic carbocycles. The molecule has 0 saturated heterocycles. The van der Waals surface area contributed by atoms with E-state index in [4.69, 9.17) is 0 Å². The number of amides is 1. The Labute approximate surface area is 109 Å². The average molecular weight is 267 g/mol. The van der Waals surface area contributed by atoms with Gasteiger partial charge in [-0.05, 0) is 12.8 Å². The first-order chi connectivity index (χ1) is 8.70. The molecule has 0 aliphatic heterocycles. The lowest BCUT2D eigenvalue weighted by atomic mass is 10.3. The molecule has 0 radical (unpaired) electrons. The Morgan fingerprint density at radius 1 is 1.56 bits per heavy atom. The summed E-state index contributed by atoms with van der Waals surface area (Å²) in [5.41, 5.74) is 0.282. The molecule has 1 aromatic heterocycles. The molecule has 1 fully saturated rings. The molecular formula is C11H13N3O3S. The smallest absolute Gasteiger partial charge is 0.342 e. The highest BCUT2D eigenvalue weighted by Gasteiger charge is 2.23. The zero-order chi connectivity index (χ0) is 13.0. The zero-order valence-electron chi connectivity index (χ0n) is 9.88. The minimum atomic E-state index is -0.499. The lowest BCUT2D eigenvalue weighted by molar-refractivity contribution is -0.118. The van der Waals surface area contributed by atoms with Crippen LogP contribution in [0.4, 0.5) is 0 Å². The van der Waals surface area contributed by atoms with E-state index in [9.17, 15) is 9.59 Å². The van der Waals surface area contributed by atoms with E-state index in [1.54, 1.807) is 0 Å². The molecule has 0 bridgehead atoms. The second-order valence-electron chi connectivity index (χ2n) is 3.86. The fraction of sp³-hybridized carbons (Fsp3) is 0.455. The maximum Gasteiger partial charge on any atom is 0.342 e. The average Bonchev–Trinajstić information content (AvgIpc) is 3.19. The zero-order valence-corrected chi connectivity index (χ0v) is 10.7. The number of thioether (sulfide) groups is 1. The first-order valence-electron chi connectivity index (χ1n) is 5.51. The van der Waals surface area contributed by atoms with Gasteiger partial charge >= 0.3 is 5.97 Å². The Bertz CT molecular complexity index is 463. The van der Waals surface area contributed by atoms with Crippen molar-refractivity contribution in [2.75, 3.05) is 12.9 Å². The summed E-state index contributed by atoms with van der Waals surface area (Å²) < 4.78 is 4.63. The maximum absolute atomic E-state index is 11.5. The Morgan fingerprint density at radius 3 is 3.00 bits per heavy atom. The molecule has 18 heavy (non-hydrogen) atoms. The number of hydrogen-bond acceptors (Lipinski definition) is 6. The van der Waals surface area contributed by atoms with Crippen LogP contribution in [0.2, 0.25) is 0 Å². The lowest BCUT2D eigenvalue weighted by Crippen LogP contribution is -2.27. The molecule has 96 valence electrons. The highest BCUT2D eigenvalue weighted by molar-refractivity contribution is 8.00. The molecule has 1 heterocycles. The molecule has 7 heteroatoms. The highest BCUT2D eigenvalue weighted by Crippen LogP contribution is 2.21. The van der Waals surface area contributed by atoms with Gasteiger partial charge in [0.15, 0.2) is 0 Å². The molecule has 1 amide bonds. The van der Waals surface area contributed by atoms with Crippen molar-refractivity contribution in [2.45, 2.75) is 23.9 Å². The number of hydrogen-bond donors (Lipinski definition) is 1. The van der Waals surface area contributed by atoms with Crippen molar-refractivity contribution in [2.24, 2.45) is 0 Å². The Hall–Kier alpha value is -1.63. The van der Waals surface area contributed by atoms with Crippen molar-refractivity contribution in [3.8, 4) is 0 Å². The van der Waals surface area contributed by atoms with Crippen molar-refractivity contribution in [3.63, 3.8) is 0 Å². The standard InChI is InChI=1S/C11H13N3O3S/c1-17-11(16)8-4-12-6-13-10(8)18-5-9(15)14-7-2-3-7/h4,6-7H,2-3,5H2,1H3,(H,14,15). The van der Waals surface area contributed by atoms with E-state index in [-0.39, 0.29) is 17.2 Å². The van der Waals surface area contributed by atoms with E-state index in [0.717, 1.165) is 12.8 Å². The number of nitrogens with one attached hydrogen (secondary N) is 1. The van der Waals surface area contributed by atoms with Crippen LogP contribution in [-0.2, 0) is 9.53 Å². The number of aromatic nitrogens is 2. The van der Waals surface area contributed by atoms with Crippen LogP contribution in [0.15, 0.2) is 17.6 Å². The van der Waals surface area contributed by atoms with Gasteiger partial charge in [-0.3, -0.25) is 4.79 Å². The van der Waals surface area contributed by atoms with Gasteiger partial charge in [-0.1, -0.05) is 11.8 Å². The summed E-state index contributed by atoms with van der Waals surface area (Å²) in [4.78, 5) is 30.7. The van der Waals surface area contributed by atoms with Crippen LogP contribution in [0.1, 0.15) is 23.2 Å². The van der Waals surface area contributed by atoms with Crippen LogP contribution in [-0.4, -0.2) is 40.7 Å². The Kier molecular flexibility index (Phi) is 4.14. The van der Waals surface area contributed by atoms with Crippen molar-refractivity contribution < 1.29 is 14.3 Å². The van der Waals surface area contributed by atoms with Crippen LogP contribution in [0.5, 0.6) is 0 Å². The fourth-order valence-electron chi connectivity index (χ4n) is 1.31. The van der Waals surface area contributed by atoms with E-state index in [0.29, 0.717) is 11.1 Å². The third kappa shape index (κ3) is 3.43. The van der Waals surface area contributed by atoms with Crippen LogP contribution in [0.25, 0.3) is 0 Å². The van der Waals surface area contributed by atoms with Gasteiger partial charge < -0.3 is 10.1 Å². The Balaban J connectivity index is 1.95. The molecule has 1 aliphatic rings. The van der Waals surface area contributed by atoms with Crippen LogP contribution in [0.3, 0.4) is 0 Å². The normalized spacial score (nSPS) is 14.1. The van der Waals surface area contributed by atoms with E-state index >= 15 is 0 Å². The van der Waals surface area contributed by atoms with Gasteiger partial charge in [-0.25, -0.2) is 14.8 Å². The first kappa shape index (κ1) is 12.8. The van der Waals surface area contributed by atoms with Crippen LogP contribution < -0.4 is 5.32 Å². The second-order valence-corrected chi connectivity index (χ2v) is 4.83. The highest BCUT2D eigenvalue weighted by atomic mass is 32.2. The van der Waals surface area contributed by atoms with Crippen molar-refractivity contribution >= 4 is 23.6 Å². The predicted octanol–water partition coefficient (Wildman–Crippen LogP) is 0.634. The quantitative estimate of drug-likeness (QED) is 0.479. The van der Waals surface area contributed by atoms with Crippen LogP contribution >= 0.6 is 11.8 Å². The van der Waals surface area contributed by atoms with Gasteiger partial charge in [0.25, 0.3) is 0 Å². The number of rotatable bonds is 5. The summed E-state index contributed by atoms with van der Waals surface area (Å²) >= 11 is 1.20. The molecule has 0 atom stereocenters. The minimum Gasteiger partial charge on any atom is -0.465 e. The van der Waals surface area contributed by atoms with Gasteiger partial charge in [0.05, 0.1) is 12.9 Å². The van der Waals surface area contributed by atoms with Gasteiger partial charge in [-0.2, -0.15) is 0 Å². The first-order valence-corrected chi connectivity index (χ1v) is 6.49. The number of nitrogens with zero attached hydrogens (tertiary/aromatic N) is 2. The van der Waals surface area contributed by atoms with Gasteiger partial charge in [0, 0.05) is 12.2 Å². The summed E-state index contributed by atoms with van der Waals surface area (Å²) in [5.74, 6) is -0.310. The van der Waals surface area contributed by atoms with Crippen molar-refractivity contribution in [1.82, 2.24) is 15.3 Å². The molecule has 1 aromatic rings. The van der Waals surface area contributed by atoms with Gasteiger partial charge in [0.2, 0.25) is 5.91 Å². The van der Waals surface area contributed by atoms with E-state index in [2.05, 4.69) is 20.0 Å². The van der Waals surface area contributed by atoms with E-state index < -0.39 is 5.97 Å². The molecule has 0 aromatic carbocycles.